The largest absolute Gasteiger partial charge is 0.394 e. The van der Waals surface area contributed by atoms with Crippen LogP contribution in [0, 0.1) is 5.92 Å². The molecule has 1 aliphatic rings. The maximum absolute atomic E-state index is 9.81. The molecule has 108 valence electrons. The molecule has 0 amide bonds. The highest BCUT2D eigenvalue weighted by Gasteiger charge is 2.41. The van der Waals surface area contributed by atoms with Crippen LogP contribution in [0.3, 0.4) is 0 Å². The summed E-state index contributed by atoms with van der Waals surface area (Å²) in [7, 11) is 0. The minimum absolute atomic E-state index is 0.0301. The van der Waals surface area contributed by atoms with Gasteiger partial charge in [0.05, 0.1) is 6.61 Å². The molecule has 2 unspecified atom stereocenters. The highest BCUT2D eigenvalue weighted by atomic mass is 32.2. The molecule has 6 heteroatoms. The number of nitrogens with one attached hydrogen (secondary N) is 1. The van der Waals surface area contributed by atoms with Gasteiger partial charge in [-0.15, -0.1) is 10.2 Å². The minimum Gasteiger partial charge on any atom is -0.394 e. The number of rotatable bonds is 8. The van der Waals surface area contributed by atoms with E-state index >= 15 is 0 Å². The van der Waals surface area contributed by atoms with Gasteiger partial charge in [-0.05, 0) is 38.1 Å². The first kappa shape index (κ1) is 15.2. The smallest absolute Gasteiger partial charge is 0.174 e. The molecule has 2 atom stereocenters. The summed E-state index contributed by atoms with van der Waals surface area (Å²) >= 11 is 3.39. The Kier molecular flexibility index (Phi) is 6.06. The summed E-state index contributed by atoms with van der Waals surface area (Å²) < 4.78 is 1.05. The van der Waals surface area contributed by atoms with Gasteiger partial charge in [-0.3, -0.25) is 0 Å². The molecule has 2 rings (SSSR count). The Morgan fingerprint density at radius 2 is 2.53 bits per heavy atom. The molecular formula is C13H23N3OS2. The number of aliphatic hydroxyl groups excluding tert-OH is 1. The maximum atomic E-state index is 9.81. The molecule has 0 bridgehead atoms. The summed E-state index contributed by atoms with van der Waals surface area (Å²) in [5.74, 6) is 1.65. The lowest BCUT2D eigenvalue weighted by molar-refractivity contribution is 0.122. The topological polar surface area (TPSA) is 58.0 Å². The average molecular weight is 301 g/mol. The molecule has 1 fully saturated rings. The van der Waals surface area contributed by atoms with Crippen LogP contribution < -0.4 is 5.32 Å². The van der Waals surface area contributed by atoms with Gasteiger partial charge in [0, 0.05) is 11.3 Å². The summed E-state index contributed by atoms with van der Waals surface area (Å²) in [6.07, 6.45) is 5.83. The van der Waals surface area contributed by atoms with E-state index in [1.54, 1.807) is 28.6 Å². The molecule has 0 aromatic carbocycles. The highest BCUT2D eigenvalue weighted by Crippen LogP contribution is 2.39. The van der Waals surface area contributed by atoms with Crippen LogP contribution in [0.15, 0.2) is 9.85 Å². The van der Waals surface area contributed by atoms with Crippen LogP contribution in [0.2, 0.25) is 0 Å². The second-order valence-electron chi connectivity index (χ2n) is 5.17. The quantitative estimate of drug-likeness (QED) is 0.723. The van der Waals surface area contributed by atoms with E-state index in [1.807, 2.05) is 0 Å². The Bertz CT molecular complexity index is 361. The van der Waals surface area contributed by atoms with Gasteiger partial charge in [-0.2, -0.15) is 0 Å². The molecule has 0 aliphatic heterocycles. The van der Waals surface area contributed by atoms with Crippen molar-refractivity contribution in [3.05, 3.63) is 5.51 Å². The van der Waals surface area contributed by atoms with E-state index in [9.17, 15) is 5.11 Å². The van der Waals surface area contributed by atoms with Gasteiger partial charge in [0.25, 0.3) is 0 Å². The van der Waals surface area contributed by atoms with Crippen LogP contribution in [0.4, 0.5) is 0 Å². The number of aliphatic hydroxyl groups is 1. The van der Waals surface area contributed by atoms with Crippen molar-refractivity contribution < 1.29 is 5.11 Å². The van der Waals surface area contributed by atoms with Crippen LogP contribution in [0.25, 0.3) is 0 Å². The van der Waals surface area contributed by atoms with Crippen molar-refractivity contribution in [2.45, 2.75) is 48.9 Å². The zero-order valence-electron chi connectivity index (χ0n) is 11.5. The fourth-order valence-corrected chi connectivity index (χ4v) is 4.56. The monoisotopic (exact) mass is 301 g/mol. The van der Waals surface area contributed by atoms with E-state index in [2.05, 4.69) is 22.4 Å². The zero-order valence-corrected chi connectivity index (χ0v) is 13.1. The Labute approximate surface area is 123 Å². The Balaban J connectivity index is 1.83. The van der Waals surface area contributed by atoms with Crippen LogP contribution in [-0.2, 0) is 0 Å². The van der Waals surface area contributed by atoms with Gasteiger partial charge < -0.3 is 10.4 Å². The third kappa shape index (κ3) is 3.90. The fourth-order valence-electron chi connectivity index (χ4n) is 2.95. The molecule has 1 aromatic rings. The number of aromatic nitrogens is 2. The van der Waals surface area contributed by atoms with Crippen molar-refractivity contribution in [3.8, 4) is 0 Å². The van der Waals surface area contributed by atoms with Gasteiger partial charge in [-0.1, -0.05) is 36.4 Å². The molecule has 1 saturated carbocycles. The molecule has 0 saturated heterocycles. The SMILES string of the molecule is CCCNC1(CO)CCCC1CCSc1nncs1. The number of hydrogen-bond acceptors (Lipinski definition) is 6. The third-order valence-electron chi connectivity index (χ3n) is 4.00. The predicted octanol–water partition coefficient (Wildman–Crippen LogP) is 2.55. The lowest BCUT2D eigenvalue weighted by Gasteiger charge is -2.35. The first-order valence-electron chi connectivity index (χ1n) is 7.05. The fraction of sp³-hybridized carbons (Fsp3) is 0.846. The number of thioether (sulfide) groups is 1. The molecule has 0 spiro atoms. The standard InChI is InChI=1S/C13H23N3OS2/c1-2-7-14-13(9-17)6-3-4-11(13)5-8-18-12-16-15-10-19-12/h10-11,14,17H,2-9H2,1H3. The first-order valence-corrected chi connectivity index (χ1v) is 8.92. The Morgan fingerprint density at radius 1 is 1.63 bits per heavy atom. The van der Waals surface area contributed by atoms with Gasteiger partial charge >= 0.3 is 0 Å². The molecule has 1 aromatic heterocycles. The second-order valence-corrected chi connectivity index (χ2v) is 7.35. The molecule has 1 heterocycles. The number of hydrogen-bond donors (Lipinski definition) is 2. The van der Waals surface area contributed by atoms with Gasteiger partial charge in [0.2, 0.25) is 0 Å². The molecule has 19 heavy (non-hydrogen) atoms. The summed E-state index contributed by atoms with van der Waals surface area (Å²) in [6.45, 7) is 3.44. The van der Waals surface area contributed by atoms with Crippen molar-refractivity contribution in [2.75, 3.05) is 18.9 Å². The highest BCUT2D eigenvalue weighted by molar-refractivity contribution is 8.00. The van der Waals surface area contributed by atoms with Crippen molar-refractivity contribution in [3.63, 3.8) is 0 Å². The molecule has 4 nitrogen and oxygen atoms in total. The van der Waals surface area contributed by atoms with Crippen molar-refractivity contribution >= 4 is 23.1 Å². The van der Waals surface area contributed by atoms with Crippen LogP contribution in [-0.4, -0.2) is 39.7 Å². The molecule has 0 radical (unpaired) electrons. The van der Waals surface area contributed by atoms with E-state index in [1.165, 1.54) is 12.8 Å². The zero-order chi connectivity index (χ0) is 13.6. The molecular weight excluding hydrogens is 278 g/mol. The normalized spacial score (nSPS) is 26.9. The minimum atomic E-state index is -0.0301. The van der Waals surface area contributed by atoms with Crippen molar-refractivity contribution in [2.24, 2.45) is 5.92 Å². The van der Waals surface area contributed by atoms with Crippen molar-refractivity contribution in [1.82, 2.24) is 15.5 Å². The Morgan fingerprint density at radius 3 is 3.21 bits per heavy atom. The third-order valence-corrected chi connectivity index (χ3v) is 5.89. The van der Waals surface area contributed by atoms with Gasteiger partial charge in [-0.25, -0.2) is 0 Å². The first-order chi connectivity index (χ1) is 9.30. The van der Waals surface area contributed by atoms with E-state index in [0.29, 0.717) is 5.92 Å². The van der Waals surface area contributed by atoms with E-state index in [0.717, 1.165) is 35.9 Å². The lowest BCUT2D eigenvalue weighted by atomic mass is 9.85. The lowest BCUT2D eigenvalue weighted by Crippen LogP contribution is -2.51. The van der Waals surface area contributed by atoms with E-state index < -0.39 is 0 Å². The number of nitrogens with zero attached hydrogens (tertiary/aromatic N) is 2. The van der Waals surface area contributed by atoms with Crippen LogP contribution >= 0.6 is 23.1 Å². The van der Waals surface area contributed by atoms with E-state index in [-0.39, 0.29) is 12.1 Å². The Hall–Kier alpha value is -0.170. The van der Waals surface area contributed by atoms with Crippen molar-refractivity contribution in [1.29, 1.82) is 0 Å². The van der Waals surface area contributed by atoms with Crippen LogP contribution in [0.1, 0.15) is 39.0 Å². The molecule has 1 aliphatic carbocycles. The maximum Gasteiger partial charge on any atom is 0.174 e. The van der Waals surface area contributed by atoms with Gasteiger partial charge in [0.1, 0.15) is 5.51 Å². The summed E-state index contributed by atoms with van der Waals surface area (Å²) in [5, 5.41) is 21.3. The summed E-state index contributed by atoms with van der Waals surface area (Å²) in [4.78, 5) is 0. The molecule has 2 N–H and O–H groups in total. The average Bonchev–Trinajstić information content (AvgIpc) is 3.07. The summed E-state index contributed by atoms with van der Waals surface area (Å²) in [6, 6.07) is 0. The second kappa shape index (κ2) is 7.57. The van der Waals surface area contributed by atoms with Crippen LogP contribution in [0.5, 0.6) is 0 Å². The predicted molar refractivity (Wildman–Crippen MR) is 80.7 cm³/mol. The van der Waals surface area contributed by atoms with Gasteiger partial charge in [0.15, 0.2) is 4.34 Å². The van der Waals surface area contributed by atoms with E-state index in [4.69, 9.17) is 0 Å². The summed E-state index contributed by atoms with van der Waals surface area (Å²) in [5.41, 5.74) is 1.75.